The van der Waals surface area contributed by atoms with Crippen molar-refractivity contribution in [1.29, 1.82) is 0 Å². The Morgan fingerprint density at radius 2 is 2.10 bits per heavy atom. The van der Waals surface area contributed by atoms with Crippen LogP contribution < -0.4 is 5.32 Å². The number of rotatable bonds is 3. The lowest BCUT2D eigenvalue weighted by Crippen LogP contribution is -2.62. The minimum Gasteiger partial charge on any atom is -0.361 e. The molecular weight excluding hydrogens is 250 g/mol. The molecule has 1 unspecified atom stereocenters. The number of piperazine rings is 1. The van der Waals surface area contributed by atoms with E-state index in [-0.39, 0.29) is 0 Å². The van der Waals surface area contributed by atoms with Crippen LogP contribution in [-0.4, -0.2) is 34.7 Å². The third-order valence-electron chi connectivity index (χ3n) is 5.31. The van der Waals surface area contributed by atoms with Gasteiger partial charge in [0.1, 0.15) is 5.76 Å². The molecule has 1 spiro atoms. The zero-order valence-corrected chi connectivity index (χ0v) is 13.0. The second kappa shape index (κ2) is 5.49. The van der Waals surface area contributed by atoms with Crippen molar-refractivity contribution in [2.45, 2.75) is 71.0 Å². The van der Waals surface area contributed by atoms with Crippen molar-refractivity contribution in [3.05, 3.63) is 17.0 Å². The van der Waals surface area contributed by atoms with Crippen LogP contribution in [0.2, 0.25) is 0 Å². The molecule has 20 heavy (non-hydrogen) atoms. The minimum absolute atomic E-state index is 0.380. The summed E-state index contributed by atoms with van der Waals surface area (Å²) in [6.45, 7) is 9.67. The van der Waals surface area contributed by atoms with E-state index in [0.29, 0.717) is 11.6 Å². The van der Waals surface area contributed by atoms with E-state index in [1.165, 1.54) is 44.2 Å². The van der Waals surface area contributed by atoms with Gasteiger partial charge in [0.15, 0.2) is 0 Å². The summed E-state index contributed by atoms with van der Waals surface area (Å²) in [6.07, 6.45) is 6.63. The molecule has 1 atom stereocenters. The molecular formula is C16H27N3O. The highest BCUT2D eigenvalue weighted by molar-refractivity contribution is 5.21. The summed E-state index contributed by atoms with van der Waals surface area (Å²) in [5.41, 5.74) is 2.72. The monoisotopic (exact) mass is 277 g/mol. The number of aromatic nitrogens is 1. The molecule has 0 radical (unpaired) electrons. The van der Waals surface area contributed by atoms with E-state index in [1.54, 1.807) is 0 Å². The fraction of sp³-hybridized carbons (Fsp3) is 0.812. The van der Waals surface area contributed by atoms with E-state index in [0.717, 1.165) is 24.5 Å². The van der Waals surface area contributed by atoms with Crippen molar-refractivity contribution < 1.29 is 4.52 Å². The molecule has 1 aromatic rings. The molecule has 2 heterocycles. The molecule has 112 valence electrons. The highest BCUT2D eigenvalue weighted by Crippen LogP contribution is 2.34. The number of nitrogens with one attached hydrogen (secondary N) is 1. The lowest BCUT2D eigenvalue weighted by molar-refractivity contribution is 0.0713. The van der Waals surface area contributed by atoms with Gasteiger partial charge in [0.2, 0.25) is 0 Å². The molecule has 2 fully saturated rings. The van der Waals surface area contributed by atoms with Gasteiger partial charge in [0, 0.05) is 36.8 Å². The third-order valence-corrected chi connectivity index (χ3v) is 5.31. The molecule has 1 aliphatic heterocycles. The quantitative estimate of drug-likeness (QED) is 0.922. The van der Waals surface area contributed by atoms with Crippen LogP contribution in [-0.2, 0) is 6.54 Å². The Kier molecular flexibility index (Phi) is 3.87. The van der Waals surface area contributed by atoms with Gasteiger partial charge in [-0.05, 0) is 33.1 Å². The van der Waals surface area contributed by atoms with Crippen LogP contribution in [0.3, 0.4) is 0 Å². The number of aryl methyl sites for hydroxylation is 2. The number of nitrogens with zero attached hydrogens (tertiary/aromatic N) is 2. The second-order valence-electron chi connectivity index (χ2n) is 6.64. The van der Waals surface area contributed by atoms with E-state index >= 15 is 0 Å². The summed E-state index contributed by atoms with van der Waals surface area (Å²) in [4.78, 5) is 2.66. The first-order chi connectivity index (χ1) is 9.63. The largest absolute Gasteiger partial charge is 0.361 e. The molecule has 4 nitrogen and oxygen atoms in total. The highest BCUT2D eigenvalue weighted by atomic mass is 16.5. The first-order valence-electron chi connectivity index (χ1n) is 8.04. The summed E-state index contributed by atoms with van der Waals surface area (Å²) >= 11 is 0. The van der Waals surface area contributed by atoms with Gasteiger partial charge in [-0.1, -0.05) is 24.9 Å². The summed E-state index contributed by atoms with van der Waals surface area (Å²) in [5.74, 6) is 0.983. The van der Waals surface area contributed by atoms with Crippen LogP contribution in [0.4, 0.5) is 0 Å². The summed E-state index contributed by atoms with van der Waals surface area (Å²) in [5, 5.41) is 7.96. The average Bonchev–Trinajstić information content (AvgIpc) is 3.01. The Morgan fingerprint density at radius 1 is 1.35 bits per heavy atom. The van der Waals surface area contributed by atoms with Crippen LogP contribution >= 0.6 is 0 Å². The summed E-state index contributed by atoms with van der Waals surface area (Å²) < 4.78 is 5.33. The minimum atomic E-state index is 0.380. The normalized spacial score (nSPS) is 26.4. The molecule has 1 aliphatic carbocycles. The molecule has 4 heteroatoms. The van der Waals surface area contributed by atoms with E-state index in [2.05, 4.69) is 29.2 Å². The van der Waals surface area contributed by atoms with Crippen molar-refractivity contribution in [3.63, 3.8) is 0 Å². The van der Waals surface area contributed by atoms with Crippen molar-refractivity contribution in [2.75, 3.05) is 13.1 Å². The number of hydrogen-bond acceptors (Lipinski definition) is 4. The first-order valence-corrected chi connectivity index (χ1v) is 8.04. The summed E-state index contributed by atoms with van der Waals surface area (Å²) in [6, 6.07) is 0.634. The topological polar surface area (TPSA) is 41.3 Å². The van der Waals surface area contributed by atoms with Crippen molar-refractivity contribution in [1.82, 2.24) is 15.4 Å². The molecule has 0 aromatic carbocycles. The van der Waals surface area contributed by atoms with Crippen LogP contribution in [0.5, 0.6) is 0 Å². The standard InChI is InChI=1S/C16H27N3O/c1-4-14-9-17-16(7-5-6-8-16)11-19(14)10-15-12(2)18-20-13(15)3/h14,17H,4-11H2,1-3H3. The van der Waals surface area contributed by atoms with Gasteiger partial charge in [0.05, 0.1) is 5.69 Å². The SMILES string of the molecule is CCC1CNC2(CCCC2)CN1Cc1c(C)noc1C. The maximum absolute atomic E-state index is 5.33. The van der Waals surface area contributed by atoms with E-state index in [4.69, 9.17) is 4.52 Å². The predicted octanol–water partition coefficient (Wildman–Crippen LogP) is 2.79. The Balaban J connectivity index is 1.77. The second-order valence-corrected chi connectivity index (χ2v) is 6.64. The van der Waals surface area contributed by atoms with Crippen molar-refractivity contribution in [2.24, 2.45) is 0 Å². The Bertz CT molecular complexity index is 443. The number of hydrogen-bond donors (Lipinski definition) is 1. The molecule has 1 saturated heterocycles. The maximum atomic E-state index is 5.33. The van der Waals surface area contributed by atoms with Gasteiger partial charge in [-0.15, -0.1) is 0 Å². The van der Waals surface area contributed by atoms with E-state index < -0.39 is 0 Å². The Hall–Kier alpha value is -0.870. The zero-order chi connectivity index (χ0) is 14.2. The van der Waals surface area contributed by atoms with Gasteiger partial charge in [0.25, 0.3) is 0 Å². The van der Waals surface area contributed by atoms with Gasteiger partial charge in [-0.2, -0.15) is 0 Å². The molecule has 1 N–H and O–H groups in total. The lowest BCUT2D eigenvalue weighted by atomic mass is 9.91. The van der Waals surface area contributed by atoms with Crippen LogP contribution in [0.25, 0.3) is 0 Å². The third kappa shape index (κ3) is 2.51. The highest BCUT2D eigenvalue weighted by Gasteiger charge is 2.40. The molecule has 1 aromatic heterocycles. The van der Waals surface area contributed by atoms with Gasteiger partial charge < -0.3 is 9.84 Å². The van der Waals surface area contributed by atoms with Crippen LogP contribution in [0.1, 0.15) is 56.0 Å². The van der Waals surface area contributed by atoms with Gasteiger partial charge in [-0.3, -0.25) is 4.90 Å². The smallest absolute Gasteiger partial charge is 0.138 e. The molecule has 3 rings (SSSR count). The van der Waals surface area contributed by atoms with Crippen molar-refractivity contribution in [3.8, 4) is 0 Å². The fourth-order valence-corrected chi connectivity index (χ4v) is 3.94. The van der Waals surface area contributed by atoms with E-state index in [1.807, 2.05) is 6.92 Å². The predicted molar refractivity (Wildman–Crippen MR) is 79.7 cm³/mol. The maximum Gasteiger partial charge on any atom is 0.138 e. The molecule has 0 bridgehead atoms. The van der Waals surface area contributed by atoms with Crippen molar-refractivity contribution >= 4 is 0 Å². The average molecular weight is 277 g/mol. The zero-order valence-electron chi connectivity index (χ0n) is 13.0. The van der Waals surface area contributed by atoms with E-state index in [9.17, 15) is 0 Å². The molecule has 1 saturated carbocycles. The fourth-order valence-electron chi connectivity index (χ4n) is 3.94. The Labute approximate surface area is 121 Å². The van der Waals surface area contributed by atoms with Gasteiger partial charge in [-0.25, -0.2) is 0 Å². The molecule has 0 amide bonds. The Morgan fingerprint density at radius 3 is 2.70 bits per heavy atom. The lowest BCUT2D eigenvalue weighted by Gasteiger charge is -2.46. The summed E-state index contributed by atoms with van der Waals surface area (Å²) in [7, 11) is 0. The molecule has 2 aliphatic rings. The van der Waals surface area contributed by atoms with Crippen LogP contribution in [0.15, 0.2) is 4.52 Å². The van der Waals surface area contributed by atoms with Gasteiger partial charge >= 0.3 is 0 Å². The first kappa shape index (κ1) is 14.1. The van der Waals surface area contributed by atoms with Crippen LogP contribution in [0, 0.1) is 13.8 Å².